The zero-order valence-corrected chi connectivity index (χ0v) is 18.9. The van der Waals surface area contributed by atoms with Crippen molar-refractivity contribution in [3.05, 3.63) is 54.6 Å². The lowest BCUT2D eigenvalue weighted by Gasteiger charge is -2.10. The summed E-state index contributed by atoms with van der Waals surface area (Å²) in [6.07, 6.45) is 2.23. The van der Waals surface area contributed by atoms with Gasteiger partial charge in [-0.15, -0.1) is 0 Å². The number of aliphatic carboxylic acids is 4. The largest absolute Gasteiger partial charge is 0.478 e. The number of likely N-dealkylation sites (N-methyl/N-ethyl adjacent to an activating group) is 1. The van der Waals surface area contributed by atoms with Crippen LogP contribution in [0.5, 0.6) is 0 Å². The highest BCUT2D eigenvalue weighted by molar-refractivity contribution is 7.91. The smallest absolute Gasteiger partial charge is 0.328 e. The van der Waals surface area contributed by atoms with E-state index in [9.17, 15) is 27.6 Å². The molecule has 0 spiro atoms. The Hall–Kier alpha value is -3.55. The van der Waals surface area contributed by atoms with Crippen LogP contribution < -0.4 is 5.32 Å². The summed E-state index contributed by atoms with van der Waals surface area (Å²) in [4.78, 5) is 40.7. The van der Waals surface area contributed by atoms with E-state index in [1.807, 2.05) is 20.2 Å². The van der Waals surface area contributed by atoms with Gasteiger partial charge < -0.3 is 30.6 Å². The van der Waals surface area contributed by atoms with Crippen LogP contribution in [-0.2, 0) is 29.0 Å². The fraction of sp³-hybridized carbons (Fsp3) is 0.300. The van der Waals surface area contributed by atoms with Crippen molar-refractivity contribution in [2.45, 2.75) is 4.90 Å². The molecule has 0 heterocycles. The van der Waals surface area contributed by atoms with Crippen LogP contribution in [0.15, 0.2) is 59.5 Å². The summed E-state index contributed by atoms with van der Waals surface area (Å²) in [6.45, 7) is 2.20. The normalized spacial score (nSPS) is 10.8. The highest BCUT2D eigenvalue weighted by atomic mass is 32.2. The van der Waals surface area contributed by atoms with Crippen molar-refractivity contribution >= 4 is 33.7 Å². The number of nitrogens with one attached hydrogen (secondary N) is 1. The van der Waals surface area contributed by atoms with Gasteiger partial charge in [-0.25, -0.2) is 27.6 Å². The van der Waals surface area contributed by atoms with Gasteiger partial charge >= 0.3 is 23.9 Å². The van der Waals surface area contributed by atoms with Crippen LogP contribution >= 0.6 is 0 Å². The fourth-order valence-corrected chi connectivity index (χ4v) is 2.89. The van der Waals surface area contributed by atoms with Crippen molar-refractivity contribution in [2.24, 2.45) is 0 Å². The number of carbonyl (C=O) groups is 4. The van der Waals surface area contributed by atoms with Gasteiger partial charge in [0, 0.05) is 43.9 Å². The Morgan fingerprint density at radius 1 is 0.788 bits per heavy atom. The van der Waals surface area contributed by atoms with Crippen molar-refractivity contribution < 1.29 is 48.0 Å². The van der Waals surface area contributed by atoms with E-state index in [1.54, 1.807) is 24.3 Å². The number of hydrogen-bond acceptors (Lipinski definition) is 8. The van der Waals surface area contributed by atoms with E-state index in [2.05, 4.69) is 10.2 Å². The predicted molar refractivity (Wildman–Crippen MR) is 119 cm³/mol. The van der Waals surface area contributed by atoms with Gasteiger partial charge in [-0.1, -0.05) is 18.2 Å². The van der Waals surface area contributed by atoms with Crippen LogP contribution in [0.4, 0.5) is 0 Å². The van der Waals surface area contributed by atoms with Crippen molar-refractivity contribution in [3.8, 4) is 0 Å². The number of rotatable bonds is 11. The molecule has 1 aromatic rings. The molecule has 0 radical (unpaired) electrons. The molecular formula is C20H28N2O10S. The standard InChI is InChI=1S/C12H20N2O2S.2C4H4O4/c1-14(2)10-8-13-9-11-17(15,16)12-6-4-3-5-7-12;2*5-3(6)1-2-4(7)8/h3-7,13H,8-11H2,1-2H3;2*1-2H,(H,5,6)(H,7,8)/b;2*2-1-. The maximum atomic E-state index is 11.9. The highest BCUT2D eigenvalue weighted by Crippen LogP contribution is 2.08. The van der Waals surface area contributed by atoms with Gasteiger partial charge in [-0.3, -0.25) is 0 Å². The van der Waals surface area contributed by atoms with Crippen molar-refractivity contribution in [2.75, 3.05) is 39.5 Å². The predicted octanol–water partition coefficient (Wildman–Crippen LogP) is 0.0351. The lowest BCUT2D eigenvalue weighted by atomic mass is 10.4. The Morgan fingerprint density at radius 3 is 1.52 bits per heavy atom. The third-order valence-electron chi connectivity index (χ3n) is 3.12. The minimum Gasteiger partial charge on any atom is -0.478 e. The second-order valence-electron chi connectivity index (χ2n) is 6.20. The zero-order chi connectivity index (χ0) is 25.9. The fourth-order valence-electron chi connectivity index (χ4n) is 1.67. The molecule has 184 valence electrons. The quantitative estimate of drug-likeness (QED) is 0.207. The molecular weight excluding hydrogens is 460 g/mol. The Morgan fingerprint density at radius 2 is 1.18 bits per heavy atom. The van der Waals surface area contributed by atoms with Crippen LogP contribution in [0.1, 0.15) is 0 Å². The average molecular weight is 489 g/mol. The SMILES string of the molecule is CN(C)CCNCCS(=O)(=O)c1ccccc1.O=C(O)/C=C\C(=O)O.O=C(O)/C=C\C(=O)O. The second kappa shape index (κ2) is 18.1. The first-order valence-electron chi connectivity index (χ1n) is 9.19. The van der Waals surface area contributed by atoms with E-state index in [4.69, 9.17) is 20.4 Å². The van der Waals surface area contributed by atoms with Gasteiger partial charge in [-0.2, -0.15) is 0 Å². The lowest BCUT2D eigenvalue weighted by molar-refractivity contribution is -0.134. The molecule has 0 fully saturated rings. The molecule has 0 aliphatic heterocycles. The summed E-state index contributed by atoms with van der Waals surface area (Å²) in [5.74, 6) is -4.88. The van der Waals surface area contributed by atoms with Crippen LogP contribution in [0.25, 0.3) is 0 Å². The number of carboxylic acids is 4. The summed E-state index contributed by atoms with van der Waals surface area (Å²) in [5.41, 5.74) is 0. The first kappa shape index (κ1) is 31.6. The molecule has 0 saturated carbocycles. The molecule has 0 bridgehead atoms. The monoisotopic (exact) mass is 488 g/mol. The molecule has 33 heavy (non-hydrogen) atoms. The highest BCUT2D eigenvalue weighted by Gasteiger charge is 2.12. The summed E-state index contributed by atoms with van der Waals surface area (Å²) >= 11 is 0. The third kappa shape index (κ3) is 22.9. The number of carboxylic acid groups (broad SMARTS) is 4. The van der Waals surface area contributed by atoms with E-state index in [1.165, 1.54) is 0 Å². The maximum Gasteiger partial charge on any atom is 0.328 e. The number of sulfone groups is 1. The number of nitrogens with zero attached hydrogens (tertiary/aromatic N) is 1. The Labute approximate surface area is 191 Å². The van der Waals surface area contributed by atoms with Gasteiger partial charge in [-0.05, 0) is 26.2 Å². The van der Waals surface area contributed by atoms with Gasteiger partial charge in [0.25, 0.3) is 0 Å². The molecule has 12 nitrogen and oxygen atoms in total. The third-order valence-corrected chi connectivity index (χ3v) is 4.85. The van der Waals surface area contributed by atoms with Gasteiger partial charge in [0.2, 0.25) is 0 Å². The van der Waals surface area contributed by atoms with Gasteiger partial charge in [0.1, 0.15) is 0 Å². The van der Waals surface area contributed by atoms with Crippen molar-refractivity contribution in [3.63, 3.8) is 0 Å². The summed E-state index contributed by atoms with van der Waals surface area (Å²) in [7, 11) is 0.840. The zero-order valence-electron chi connectivity index (χ0n) is 18.1. The number of hydrogen-bond donors (Lipinski definition) is 5. The molecule has 0 amide bonds. The molecule has 0 aliphatic carbocycles. The minimum atomic E-state index is -3.14. The first-order valence-corrected chi connectivity index (χ1v) is 10.8. The van der Waals surface area contributed by atoms with Crippen LogP contribution in [0.3, 0.4) is 0 Å². The molecule has 0 unspecified atom stereocenters. The summed E-state index contributed by atoms with van der Waals surface area (Å²) in [5, 5.41) is 34.4. The molecule has 0 saturated heterocycles. The van der Waals surface area contributed by atoms with Gasteiger partial charge in [0.15, 0.2) is 9.84 Å². The molecule has 0 aromatic heterocycles. The minimum absolute atomic E-state index is 0.143. The molecule has 5 N–H and O–H groups in total. The lowest BCUT2D eigenvalue weighted by Crippen LogP contribution is -2.30. The van der Waals surface area contributed by atoms with Gasteiger partial charge in [0.05, 0.1) is 10.6 Å². The Balaban J connectivity index is 0. The average Bonchev–Trinajstić information content (AvgIpc) is 2.72. The van der Waals surface area contributed by atoms with E-state index in [0.29, 0.717) is 35.7 Å². The molecule has 0 aliphatic rings. The van der Waals surface area contributed by atoms with E-state index in [-0.39, 0.29) is 5.75 Å². The molecule has 13 heteroatoms. The second-order valence-corrected chi connectivity index (χ2v) is 8.31. The topological polar surface area (TPSA) is 199 Å². The summed E-state index contributed by atoms with van der Waals surface area (Å²) < 4.78 is 23.8. The van der Waals surface area contributed by atoms with Crippen LogP contribution in [-0.4, -0.2) is 97.1 Å². The first-order chi connectivity index (χ1) is 15.3. The van der Waals surface area contributed by atoms with Crippen molar-refractivity contribution in [1.82, 2.24) is 10.2 Å². The van der Waals surface area contributed by atoms with E-state index in [0.717, 1.165) is 13.1 Å². The van der Waals surface area contributed by atoms with Crippen LogP contribution in [0.2, 0.25) is 0 Å². The van der Waals surface area contributed by atoms with E-state index < -0.39 is 33.7 Å². The van der Waals surface area contributed by atoms with Crippen molar-refractivity contribution in [1.29, 1.82) is 0 Å². The van der Waals surface area contributed by atoms with E-state index >= 15 is 0 Å². The molecule has 1 rings (SSSR count). The summed E-state index contributed by atoms with van der Waals surface area (Å²) in [6, 6.07) is 8.57. The number of benzene rings is 1. The van der Waals surface area contributed by atoms with Crippen LogP contribution in [0, 0.1) is 0 Å². The Bertz CT molecular complexity index is 844. The Kier molecular flexibility index (Phi) is 17.3. The molecule has 0 atom stereocenters. The maximum absolute atomic E-state index is 11.9. The molecule has 1 aromatic carbocycles.